The lowest BCUT2D eigenvalue weighted by molar-refractivity contribution is 0.103. The molecule has 2 rings (SSSR count). The van der Waals surface area contributed by atoms with Gasteiger partial charge in [0.15, 0.2) is 5.78 Å². The Bertz CT molecular complexity index is 584. The first-order chi connectivity index (χ1) is 7.66. The van der Waals surface area contributed by atoms with Gasteiger partial charge in [0.05, 0.1) is 0 Å². The van der Waals surface area contributed by atoms with Crippen molar-refractivity contribution >= 4 is 5.78 Å². The maximum absolute atomic E-state index is 11.8. The molecular formula is C11H8N2O3. The Labute approximate surface area is 89.8 Å². The van der Waals surface area contributed by atoms with Crippen LogP contribution in [-0.2, 0) is 0 Å². The number of ketones is 1. The van der Waals surface area contributed by atoms with Crippen LogP contribution in [0.15, 0.2) is 46.2 Å². The Kier molecular flexibility index (Phi) is 2.51. The highest BCUT2D eigenvalue weighted by Gasteiger charge is 2.09. The number of rotatable bonds is 2. The minimum atomic E-state index is -0.351. The third-order valence-electron chi connectivity index (χ3n) is 2.07. The summed E-state index contributed by atoms with van der Waals surface area (Å²) in [4.78, 5) is 38.7. The zero-order valence-electron chi connectivity index (χ0n) is 8.19. The predicted octanol–water partition coefficient (Wildman–Crippen LogP) is 0.294. The molecule has 16 heavy (non-hydrogen) atoms. The molecule has 0 bridgehead atoms. The molecule has 0 aliphatic heterocycles. The van der Waals surface area contributed by atoms with Crippen molar-refractivity contribution in [2.24, 2.45) is 0 Å². The van der Waals surface area contributed by atoms with Crippen molar-refractivity contribution in [2.45, 2.75) is 0 Å². The van der Waals surface area contributed by atoms with E-state index < -0.39 is 0 Å². The maximum atomic E-state index is 11.8. The quantitative estimate of drug-likeness (QED) is 0.708. The van der Waals surface area contributed by atoms with Crippen LogP contribution < -0.4 is 11.1 Å². The first-order valence-corrected chi connectivity index (χ1v) is 4.59. The van der Waals surface area contributed by atoms with Gasteiger partial charge in [0.1, 0.15) is 0 Å². The number of aromatic nitrogens is 2. The van der Waals surface area contributed by atoms with E-state index >= 15 is 0 Å². The van der Waals surface area contributed by atoms with Gasteiger partial charge in [0.25, 0.3) is 0 Å². The third kappa shape index (κ3) is 1.98. The van der Waals surface area contributed by atoms with Crippen LogP contribution in [0.4, 0.5) is 0 Å². The lowest BCUT2D eigenvalue weighted by Crippen LogP contribution is -2.12. The lowest BCUT2D eigenvalue weighted by atomic mass is 10.1. The third-order valence-corrected chi connectivity index (χ3v) is 2.07. The molecule has 0 unspecified atom stereocenters. The minimum absolute atomic E-state index is 0.259. The number of pyridine rings is 2. The van der Waals surface area contributed by atoms with Crippen LogP contribution in [0, 0.1) is 0 Å². The molecule has 2 aromatic rings. The first-order valence-electron chi connectivity index (χ1n) is 4.59. The number of H-pyrrole nitrogens is 2. The van der Waals surface area contributed by atoms with E-state index in [9.17, 15) is 14.4 Å². The van der Waals surface area contributed by atoms with Crippen LogP contribution in [0.3, 0.4) is 0 Å². The minimum Gasteiger partial charge on any atom is -0.329 e. The highest BCUT2D eigenvalue weighted by atomic mass is 16.1. The Morgan fingerprint density at radius 1 is 0.875 bits per heavy atom. The summed E-state index contributed by atoms with van der Waals surface area (Å²) >= 11 is 0. The van der Waals surface area contributed by atoms with Gasteiger partial charge in [-0.2, -0.15) is 0 Å². The molecule has 0 amide bonds. The van der Waals surface area contributed by atoms with E-state index in [1.807, 2.05) is 0 Å². The molecule has 0 saturated heterocycles. The van der Waals surface area contributed by atoms with E-state index in [1.165, 1.54) is 36.7 Å². The van der Waals surface area contributed by atoms with Crippen molar-refractivity contribution in [2.75, 3.05) is 0 Å². The monoisotopic (exact) mass is 216 g/mol. The van der Waals surface area contributed by atoms with Crippen LogP contribution >= 0.6 is 0 Å². The topological polar surface area (TPSA) is 82.8 Å². The number of carbonyl (C=O) groups is 1. The van der Waals surface area contributed by atoms with Crippen molar-refractivity contribution in [3.05, 3.63) is 68.5 Å². The highest BCUT2D eigenvalue weighted by molar-refractivity contribution is 6.08. The van der Waals surface area contributed by atoms with Crippen LogP contribution in [0.1, 0.15) is 15.9 Å². The van der Waals surface area contributed by atoms with Gasteiger partial charge in [-0.3, -0.25) is 14.4 Å². The lowest BCUT2D eigenvalue weighted by Gasteiger charge is -1.98. The van der Waals surface area contributed by atoms with Crippen LogP contribution in [0.2, 0.25) is 0 Å². The molecule has 0 spiro atoms. The van der Waals surface area contributed by atoms with Gasteiger partial charge in [-0.1, -0.05) is 0 Å². The zero-order chi connectivity index (χ0) is 11.5. The second kappa shape index (κ2) is 3.98. The molecule has 0 aliphatic rings. The largest absolute Gasteiger partial charge is 0.329 e. The maximum Gasteiger partial charge on any atom is 0.248 e. The molecular weight excluding hydrogens is 208 g/mol. The number of hydrogen-bond donors (Lipinski definition) is 2. The fourth-order valence-corrected chi connectivity index (χ4v) is 1.34. The predicted molar refractivity (Wildman–Crippen MR) is 57.6 cm³/mol. The summed E-state index contributed by atoms with van der Waals surface area (Å²) in [6.07, 6.45) is 2.78. The Morgan fingerprint density at radius 2 is 1.31 bits per heavy atom. The fourth-order valence-electron chi connectivity index (χ4n) is 1.34. The van der Waals surface area contributed by atoms with E-state index in [-0.39, 0.29) is 28.0 Å². The van der Waals surface area contributed by atoms with Crippen molar-refractivity contribution in [1.29, 1.82) is 0 Å². The van der Waals surface area contributed by atoms with Gasteiger partial charge >= 0.3 is 0 Å². The molecule has 0 aliphatic carbocycles. The first kappa shape index (κ1) is 10.1. The molecule has 0 atom stereocenters. The summed E-state index contributed by atoms with van der Waals surface area (Å²) in [6.45, 7) is 0. The van der Waals surface area contributed by atoms with Crippen molar-refractivity contribution < 1.29 is 4.79 Å². The highest BCUT2D eigenvalue weighted by Crippen LogP contribution is 2.04. The van der Waals surface area contributed by atoms with E-state index in [1.54, 1.807) is 0 Å². The second-order valence-corrected chi connectivity index (χ2v) is 3.21. The normalized spacial score (nSPS) is 10.0. The van der Waals surface area contributed by atoms with Crippen LogP contribution in [0.25, 0.3) is 0 Å². The summed E-state index contributed by atoms with van der Waals surface area (Å²) in [7, 11) is 0. The van der Waals surface area contributed by atoms with E-state index in [0.717, 1.165) is 0 Å². The molecule has 0 saturated carbocycles. The number of carbonyl (C=O) groups excluding carboxylic acids is 1. The summed E-state index contributed by atoms with van der Waals surface area (Å²) in [5, 5.41) is 0. The van der Waals surface area contributed by atoms with Crippen LogP contribution in [-0.4, -0.2) is 15.8 Å². The van der Waals surface area contributed by atoms with Gasteiger partial charge in [0, 0.05) is 35.7 Å². The molecule has 2 aromatic heterocycles. The van der Waals surface area contributed by atoms with E-state index in [4.69, 9.17) is 0 Å². The van der Waals surface area contributed by atoms with Gasteiger partial charge in [-0.05, 0) is 12.1 Å². The molecule has 5 heteroatoms. The number of aromatic amines is 2. The van der Waals surface area contributed by atoms with Crippen molar-refractivity contribution in [3.8, 4) is 0 Å². The summed E-state index contributed by atoms with van der Waals surface area (Å²) < 4.78 is 0. The molecule has 80 valence electrons. The summed E-state index contributed by atoms with van der Waals surface area (Å²) in [6, 6.07) is 5.38. The van der Waals surface area contributed by atoms with Gasteiger partial charge in [-0.15, -0.1) is 0 Å². The van der Waals surface area contributed by atoms with Crippen LogP contribution in [0.5, 0.6) is 0 Å². The molecule has 0 fully saturated rings. The second-order valence-electron chi connectivity index (χ2n) is 3.21. The Morgan fingerprint density at radius 3 is 1.69 bits per heavy atom. The molecule has 5 nitrogen and oxygen atoms in total. The average Bonchev–Trinajstić information content (AvgIpc) is 2.28. The van der Waals surface area contributed by atoms with Gasteiger partial charge < -0.3 is 9.97 Å². The van der Waals surface area contributed by atoms with E-state index in [2.05, 4.69) is 9.97 Å². The average molecular weight is 216 g/mol. The van der Waals surface area contributed by atoms with Gasteiger partial charge in [0.2, 0.25) is 11.1 Å². The van der Waals surface area contributed by atoms with Gasteiger partial charge in [-0.25, -0.2) is 0 Å². The summed E-state index contributed by atoms with van der Waals surface area (Å²) in [5.41, 5.74) is -0.185. The molecule has 2 N–H and O–H groups in total. The zero-order valence-corrected chi connectivity index (χ0v) is 8.19. The SMILES string of the molecule is O=C(c1cc[nH]c(=O)c1)c1cc[nH]c(=O)c1. The number of nitrogens with one attached hydrogen (secondary N) is 2. The molecule has 0 radical (unpaired) electrons. The number of hydrogen-bond acceptors (Lipinski definition) is 3. The van der Waals surface area contributed by atoms with Crippen molar-refractivity contribution in [3.63, 3.8) is 0 Å². The Balaban J connectivity index is 2.47. The van der Waals surface area contributed by atoms with Crippen molar-refractivity contribution in [1.82, 2.24) is 9.97 Å². The standard InChI is InChI=1S/C11H8N2O3/c14-9-5-7(1-3-12-9)11(16)8-2-4-13-10(15)6-8/h1-6H,(H,12,14)(H,13,15). The Hall–Kier alpha value is -2.43. The summed E-state index contributed by atoms with van der Waals surface area (Å²) in [5.74, 6) is -0.350. The molecule has 2 heterocycles. The van der Waals surface area contributed by atoms with E-state index in [0.29, 0.717) is 0 Å². The molecule has 0 aromatic carbocycles. The fraction of sp³-hybridized carbons (Fsp3) is 0. The smallest absolute Gasteiger partial charge is 0.248 e.